The third-order valence-electron chi connectivity index (χ3n) is 2.94. The molecule has 0 bridgehead atoms. The number of ether oxygens (including phenoxy) is 1. The first kappa shape index (κ1) is 16.2. The number of amides is 1. The van der Waals surface area contributed by atoms with Crippen LogP contribution in [0.5, 0.6) is 0 Å². The molecule has 1 amide bonds. The monoisotopic (exact) mass is 274 g/mol. The molecule has 0 saturated heterocycles. The van der Waals surface area contributed by atoms with Gasteiger partial charge in [-0.3, -0.25) is 4.79 Å². The standard InChI is InChI=1S/C16H22N2O2/c1-2-3-4-7-11-20-12-10-16(19)18-15-9-6-5-8-14(15)13-17/h5-6,8-9H,2-4,7,10-12H2,1H3,(H,18,19). The van der Waals surface area contributed by atoms with Crippen molar-refractivity contribution in [1.29, 1.82) is 5.26 Å². The summed E-state index contributed by atoms with van der Waals surface area (Å²) in [7, 11) is 0. The lowest BCUT2D eigenvalue weighted by Crippen LogP contribution is -2.15. The molecular weight excluding hydrogens is 252 g/mol. The number of anilines is 1. The van der Waals surface area contributed by atoms with E-state index in [0.29, 0.717) is 30.9 Å². The van der Waals surface area contributed by atoms with Gasteiger partial charge in [-0.25, -0.2) is 0 Å². The van der Waals surface area contributed by atoms with Crippen molar-refractivity contribution >= 4 is 11.6 Å². The topological polar surface area (TPSA) is 62.1 Å². The quantitative estimate of drug-likeness (QED) is 0.701. The van der Waals surface area contributed by atoms with E-state index in [1.165, 1.54) is 19.3 Å². The van der Waals surface area contributed by atoms with Gasteiger partial charge in [0.2, 0.25) is 5.91 Å². The Balaban J connectivity index is 2.19. The fourth-order valence-electron chi connectivity index (χ4n) is 1.80. The normalized spacial score (nSPS) is 10.0. The number of unbranched alkanes of at least 4 members (excludes halogenated alkanes) is 3. The summed E-state index contributed by atoms with van der Waals surface area (Å²) in [5, 5.41) is 11.7. The predicted octanol–water partition coefficient (Wildman–Crippen LogP) is 3.48. The lowest BCUT2D eigenvalue weighted by Gasteiger charge is -2.07. The van der Waals surface area contributed by atoms with Crippen LogP contribution in [0.25, 0.3) is 0 Å². The molecule has 0 spiro atoms. The van der Waals surface area contributed by atoms with Crippen molar-refractivity contribution in [2.45, 2.75) is 39.0 Å². The molecule has 0 aliphatic rings. The SMILES string of the molecule is CCCCCCOCCC(=O)Nc1ccccc1C#N. The van der Waals surface area contributed by atoms with Gasteiger partial charge >= 0.3 is 0 Å². The molecule has 1 N–H and O–H groups in total. The van der Waals surface area contributed by atoms with Gasteiger partial charge in [0.05, 0.1) is 24.3 Å². The zero-order valence-electron chi connectivity index (χ0n) is 12.0. The van der Waals surface area contributed by atoms with Crippen LogP contribution in [-0.4, -0.2) is 19.1 Å². The molecule has 4 heteroatoms. The number of nitrogens with one attached hydrogen (secondary N) is 1. The summed E-state index contributed by atoms with van der Waals surface area (Å²) in [6.07, 6.45) is 4.98. The number of benzene rings is 1. The van der Waals surface area contributed by atoms with E-state index in [1.807, 2.05) is 0 Å². The van der Waals surface area contributed by atoms with Gasteiger partial charge in [-0.15, -0.1) is 0 Å². The van der Waals surface area contributed by atoms with Gasteiger partial charge in [-0.2, -0.15) is 5.26 Å². The van der Waals surface area contributed by atoms with E-state index in [-0.39, 0.29) is 5.91 Å². The highest BCUT2D eigenvalue weighted by atomic mass is 16.5. The van der Waals surface area contributed by atoms with Crippen LogP contribution in [0.2, 0.25) is 0 Å². The maximum Gasteiger partial charge on any atom is 0.226 e. The number of nitrogens with zero attached hydrogens (tertiary/aromatic N) is 1. The van der Waals surface area contributed by atoms with Crippen LogP contribution in [0, 0.1) is 11.3 Å². The van der Waals surface area contributed by atoms with Gasteiger partial charge in [0.25, 0.3) is 0 Å². The molecule has 4 nitrogen and oxygen atoms in total. The lowest BCUT2D eigenvalue weighted by molar-refractivity contribution is -0.117. The number of nitriles is 1. The molecule has 0 unspecified atom stereocenters. The van der Waals surface area contributed by atoms with Crippen LogP contribution in [0.1, 0.15) is 44.6 Å². The molecule has 0 aliphatic carbocycles. The highest BCUT2D eigenvalue weighted by Crippen LogP contribution is 2.13. The van der Waals surface area contributed by atoms with Crippen molar-refractivity contribution < 1.29 is 9.53 Å². The molecule has 0 radical (unpaired) electrons. The lowest BCUT2D eigenvalue weighted by atomic mass is 10.2. The minimum atomic E-state index is -0.124. The number of carbonyl (C=O) groups is 1. The number of rotatable bonds is 9. The minimum absolute atomic E-state index is 0.124. The number of carbonyl (C=O) groups excluding carboxylic acids is 1. The first-order valence-electron chi connectivity index (χ1n) is 7.14. The summed E-state index contributed by atoms with van der Waals surface area (Å²) in [6, 6.07) is 9.02. The van der Waals surface area contributed by atoms with Gasteiger partial charge in [0.15, 0.2) is 0 Å². The fourth-order valence-corrected chi connectivity index (χ4v) is 1.80. The second-order valence-electron chi connectivity index (χ2n) is 4.63. The van der Waals surface area contributed by atoms with Gasteiger partial charge in [0.1, 0.15) is 6.07 Å². The maximum absolute atomic E-state index is 11.7. The van der Waals surface area contributed by atoms with Crippen LogP contribution < -0.4 is 5.32 Å². The molecule has 1 rings (SSSR count). The number of para-hydroxylation sites is 1. The molecule has 20 heavy (non-hydrogen) atoms. The molecule has 0 heterocycles. The smallest absolute Gasteiger partial charge is 0.226 e. The zero-order chi connectivity index (χ0) is 14.6. The fraction of sp³-hybridized carbons (Fsp3) is 0.500. The Hall–Kier alpha value is -1.86. The van der Waals surface area contributed by atoms with E-state index < -0.39 is 0 Å². The Labute approximate surface area is 120 Å². The van der Waals surface area contributed by atoms with E-state index >= 15 is 0 Å². The van der Waals surface area contributed by atoms with Crippen molar-refractivity contribution in [3.05, 3.63) is 29.8 Å². The Kier molecular flexibility index (Phi) is 8.09. The summed E-state index contributed by atoms with van der Waals surface area (Å²) < 4.78 is 5.42. The Bertz CT molecular complexity index is 452. The third-order valence-corrected chi connectivity index (χ3v) is 2.94. The van der Waals surface area contributed by atoms with Crippen molar-refractivity contribution in [3.8, 4) is 6.07 Å². The van der Waals surface area contributed by atoms with Crippen LogP contribution >= 0.6 is 0 Å². The molecule has 0 fully saturated rings. The van der Waals surface area contributed by atoms with Crippen molar-refractivity contribution in [3.63, 3.8) is 0 Å². The van der Waals surface area contributed by atoms with Crippen LogP contribution in [0.4, 0.5) is 5.69 Å². The highest BCUT2D eigenvalue weighted by molar-refractivity contribution is 5.92. The maximum atomic E-state index is 11.7. The summed E-state index contributed by atoms with van der Waals surface area (Å²) in [6.45, 7) is 3.30. The van der Waals surface area contributed by atoms with Crippen molar-refractivity contribution in [2.24, 2.45) is 0 Å². The van der Waals surface area contributed by atoms with Crippen LogP contribution in [0.3, 0.4) is 0 Å². The number of hydrogen-bond acceptors (Lipinski definition) is 3. The summed E-state index contributed by atoms with van der Waals surface area (Å²) >= 11 is 0. The summed E-state index contributed by atoms with van der Waals surface area (Å²) in [5.41, 5.74) is 1.03. The van der Waals surface area contributed by atoms with E-state index in [0.717, 1.165) is 6.42 Å². The first-order chi connectivity index (χ1) is 9.77. The molecular formula is C16H22N2O2. The molecule has 1 aromatic rings. The predicted molar refractivity (Wildman–Crippen MR) is 79.4 cm³/mol. The van der Waals surface area contributed by atoms with Gasteiger partial charge < -0.3 is 10.1 Å². The Morgan fingerprint density at radius 3 is 2.80 bits per heavy atom. The number of hydrogen-bond donors (Lipinski definition) is 1. The Morgan fingerprint density at radius 2 is 2.05 bits per heavy atom. The largest absolute Gasteiger partial charge is 0.381 e. The van der Waals surface area contributed by atoms with Crippen LogP contribution in [0.15, 0.2) is 24.3 Å². The molecule has 1 aromatic carbocycles. The minimum Gasteiger partial charge on any atom is -0.381 e. The third kappa shape index (κ3) is 6.35. The molecule has 0 saturated carbocycles. The molecule has 0 aliphatic heterocycles. The van der Waals surface area contributed by atoms with E-state index in [1.54, 1.807) is 24.3 Å². The van der Waals surface area contributed by atoms with Gasteiger partial charge in [-0.1, -0.05) is 38.3 Å². The van der Waals surface area contributed by atoms with E-state index in [9.17, 15) is 4.79 Å². The van der Waals surface area contributed by atoms with Gasteiger partial charge in [-0.05, 0) is 18.6 Å². The highest BCUT2D eigenvalue weighted by Gasteiger charge is 2.05. The summed E-state index contributed by atoms with van der Waals surface area (Å²) in [5.74, 6) is -0.124. The van der Waals surface area contributed by atoms with Crippen molar-refractivity contribution in [2.75, 3.05) is 18.5 Å². The van der Waals surface area contributed by atoms with E-state index in [2.05, 4.69) is 18.3 Å². The molecule has 0 atom stereocenters. The second-order valence-corrected chi connectivity index (χ2v) is 4.63. The average molecular weight is 274 g/mol. The zero-order valence-corrected chi connectivity index (χ0v) is 12.0. The van der Waals surface area contributed by atoms with Gasteiger partial charge in [0, 0.05) is 6.61 Å². The molecule has 0 aromatic heterocycles. The summed E-state index contributed by atoms with van der Waals surface area (Å²) in [4.78, 5) is 11.7. The van der Waals surface area contributed by atoms with Crippen LogP contribution in [-0.2, 0) is 9.53 Å². The average Bonchev–Trinajstić information content (AvgIpc) is 2.47. The second kappa shape index (κ2) is 9.99. The first-order valence-corrected chi connectivity index (χ1v) is 7.14. The van der Waals surface area contributed by atoms with E-state index in [4.69, 9.17) is 10.00 Å². The molecule has 108 valence electrons. The Morgan fingerprint density at radius 1 is 1.25 bits per heavy atom. The van der Waals surface area contributed by atoms with Crippen molar-refractivity contribution in [1.82, 2.24) is 0 Å².